The molecule has 0 spiro atoms. The van der Waals surface area contributed by atoms with Crippen molar-refractivity contribution in [3.8, 4) is 0 Å². The highest BCUT2D eigenvalue weighted by molar-refractivity contribution is 9.10. The Morgan fingerprint density at radius 2 is 1.65 bits per heavy atom. The molecule has 0 unspecified atom stereocenters. The van der Waals surface area contributed by atoms with Gasteiger partial charge in [-0.1, -0.05) is 46.3 Å². The van der Waals surface area contributed by atoms with E-state index in [1.165, 1.54) is 6.07 Å². The molecule has 0 amide bonds. The van der Waals surface area contributed by atoms with Gasteiger partial charge in [0.25, 0.3) is 0 Å². The average molecular weight is 304 g/mol. The van der Waals surface area contributed by atoms with Gasteiger partial charge in [0, 0.05) is 9.86 Å². The molecule has 17 heavy (non-hydrogen) atoms. The number of hydrogen-bond acceptors (Lipinski definition) is 1. The number of alkyl halides is 3. The Morgan fingerprint density at radius 1 is 1.06 bits per heavy atom. The lowest BCUT2D eigenvalue weighted by Crippen LogP contribution is -2.28. The van der Waals surface area contributed by atoms with E-state index in [2.05, 4.69) is 15.9 Å². The lowest BCUT2D eigenvalue weighted by molar-refractivity contribution is -0.148. The first-order valence-corrected chi connectivity index (χ1v) is 5.70. The maximum absolute atomic E-state index is 12.7. The second-order valence-electron chi connectivity index (χ2n) is 3.70. The molecule has 2 N–H and O–H groups in total. The van der Waals surface area contributed by atoms with Crippen molar-refractivity contribution >= 4 is 26.7 Å². The summed E-state index contributed by atoms with van der Waals surface area (Å²) in [5, 5.41) is 1.25. The van der Waals surface area contributed by atoms with Crippen LogP contribution >= 0.6 is 15.9 Å². The van der Waals surface area contributed by atoms with Crippen LogP contribution in [-0.2, 0) is 0 Å². The van der Waals surface area contributed by atoms with Gasteiger partial charge in [0.15, 0.2) is 0 Å². The van der Waals surface area contributed by atoms with E-state index < -0.39 is 12.2 Å². The third-order valence-corrected chi connectivity index (χ3v) is 3.23. The van der Waals surface area contributed by atoms with Crippen molar-refractivity contribution in [2.45, 2.75) is 12.2 Å². The summed E-state index contributed by atoms with van der Waals surface area (Å²) >= 11 is 3.26. The summed E-state index contributed by atoms with van der Waals surface area (Å²) in [5.41, 5.74) is 5.35. The fraction of sp³-hybridized carbons (Fsp3) is 0.167. The minimum absolute atomic E-state index is 0.0856. The summed E-state index contributed by atoms with van der Waals surface area (Å²) in [6, 6.07) is 8.01. The van der Waals surface area contributed by atoms with E-state index in [4.69, 9.17) is 5.73 Å². The van der Waals surface area contributed by atoms with E-state index in [9.17, 15) is 13.2 Å². The van der Waals surface area contributed by atoms with Crippen molar-refractivity contribution in [1.29, 1.82) is 0 Å². The predicted octanol–water partition coefficient (Wildman–Crippen LogP) is 4.16. The van der Waals surface area contributed by atoms with Crippen LogP contribution in [-0.4, -0.2) is 6.18 Å². The van der Waals surface area contributed by atoms with Crippen LogP contribution in [0, 0.1) is 0 Å². The topological polar surface area (TPSA) is 26.0 Å². The summed E-state index contributed by atoms with van der Waals surface area (Å²) in [4.78, 5) is 0. The summed E-state index contributed by atoms with van der Waals surface area (Å²) in [5.74, 6) is 0. The Balaban J connectivity index is 2.70. The molecule has 0 fully saturated rings. The molecular formula is C12H9BrF3N. The number of fused-ring (bicyclic) bond motifs is 1. The highest BCUT2D eigenvalue weighted by Crippen LogP contribution is 2.36. The van der Waals surface area contributed by atoms with Crippen LogP contribution in [0.15, 0.2) is 40.9 Å². The van der Waals surface area contributed by atoms with Crippen LogP contribution in [0.1, 0.15) is 11.6 Å². The Bertz CT molecular complexity index is 546. The fourth-order valence-electron chi connectivity index (χ4n) is 1.76. The predicted molar refractivity (Wildman–Crippen MR) is 64.6 cm³/mol. The van der Waals surface area contributed by atoms with Gasteiger partial charge in [-0.2, -0.15) is 13.2 Å². The monoisotopic (exact) mass is 303 g/mol. The molecular weight excluding hydrogens is 295 g/mol. The summed E-state index contributed by atoms with van der Waals surface area (Å²) in [7, 11) is 0. The minimum atomic E-state index is -4.44. The third-order valence-electron chi connectivity index (χ3n) is 2.57. The van der Waals surface area contributed by atoms with Gasteiger partial charge >= 0.3 is 6.18 Å². The molecule has 0 aliphatic rings. The quantitative estimate of drug-likeness (QED) is 0.841. The van der Waals surface area contributed by atoms with Gasteiger partial charge in [-0.05, 0) is 17.0 Å². The molecule has 0 heterocycles. The highest BCUT2D eigenvalue weighted by Gasteiger charge is 2.38. The maximum atomic E-state index is 12.7. The van der Waals surface area contributed by atoms with Gasteiger partial charge in [-0.15, -0.1) is 0 Å². The van der Waals surface area contributed by atoms with Gasteiger partial charge in [0.2, 0.25) is 0 Å². The van der Waals surface area contributed by atoms with E-state index >= 15 is 0 Å². The van der Waals surface area contributed by atoms with Crippen molar-refractivity contribution in [3.63, 3.8) is 0 Å². The SMILES string of the molecule is N[C@@H](c1cccc2cccc(Br)c12)C(F)(F)F. The van der Waals surface area contributed by atoms with E-state index in [-0.39, 0.29) is 5.56 Å². The second-order valence-corrected chi connectivity index (χ2v) is 4.56. The molecule has 0 saturated carbocycles. The maximum Gasteiger partial charge on any atom is 0.407 e. The zero-order valence-electron chi connectivity index (χ0n) is 8.63. The van der Waals surface area contributed by atoms with E-state index in [0.717, 1.165) is 5.39 Å². The molecule has 90 valence electrons. The Kier molecular flexibility index (Phi) is 3.14. The lowest BCUT2D eigenvalue weighted by Gasteiger charge is -2.18. The summed E-state index contributed by atoms with van der Waals surface area (Å²) in [6.07, 6.45) is -4.44. The van der Waals surface area contributed by atoms with Crippen LogP contribution < -0.4 is 5.73 Å². The molecule has 0 bridgehead atoms. The number of nitrogens with two attached hydrogens (primary N) is 1. The molecule has 0 aromatic heterocycles. The smallest absolute Gasteiger partial charge is 0.316 e. The van der Waals surface area contributed by atoms with Gasteiger partial charge in [-0.25, -0.2) is 0 Å². The highest BCUT2D eigenvalue weighted by atomic mass is 79.9. The van der Waals surface area contributed by atoms with Crippen molar-refractivity contribution in [1.82, 2.24) is 0 Å². The first kappa shape index (κ1) is 12.4. The van der Waals surface area contributed by atoms with Crippen LogP contribution in [0.4, 0.5) is 13.2 Å². The minimum Gasteiger partial charge on any atom is -0.316 e. The Labute approximate surface area is 105 Å². The standard InChI is InChI=1S/C12H9BrF3N/c13-9-6-2-4-7-3-1-5-8(10(7)9)11(17)12(14,15)16/h1-6,11H,17H2/t11-/m0/s1. The number of hydrogen-bond donors (Lipinski definition) is 1. The van der Waals surface area contributed by atoms with Crippen LogP contribution in [0.25, 0.3) is 10.8 Å². The van der Waals surface area contributed by atoms with E-state index in [1.54, 1.807) is 30.3 Å². The molecule has 2 rings (SSSR count). The van der Waals surface area contributed by atoms with Crippen LogP contribution in [0.2, 0.25) is 0 Å². The molecule has 0 aliphatic carbocycles. The molecule has 2 aromatic carbocycles. The largest absolute Gasteiger partial charge is 0.407 e. The molecule has 2 aromatic rings. The van der Waals surface area contributed by atoms with Gasteiger partial charge in [0.1, 0.15) is 6.04 Å². The van der Waals surface area contributed by atoms with Crippen molar-refractivity contribution in [3.05, 3.63) is 46.4 Å². The molecule has 0 saturated heterocycles. The van der Waals surface area contributed by atoms with Gasteiger partial charge < -0.3 is 5.73 Å². The lowest BCUT2D eigenvalue weighted by atomic mass is 9.99. The van der Waals surface area contributed by atoms with Gasteiger partial charge in [0.05, 0.1) is 0 Å². The normalized spacial score (nSPS) is 13.9. The first-order valence-electron chi connectivity index (χ1n) is 4.90. The third kappa shape index (κ3) is 2.30. The number of halogens is 4. The van der Waals surface area contributed by atoms with Crippen LogP contribution in [0.5, 0.6) is 0 Å². The summed E-state index contributed by atoms with van der Waals surface area (Å²) < 4.78 is 38.6. The Morgan fingerprint density at radius 3 is 2.24 bits per heavy atom. The molecule has 1 atom stereocenters. The molecule has 5 heteroatoms. The fourth-order valence-corrected chi connectivity index (χ4v) is 2.37. The molecule has 1 nitrogen and oxygen atoms in total. The molecule has 0 radical (unpaired) electrons. The van der Waals surface area contributed by atoms with Crippen LogP contribution in [0.3, 0.4) is 0 Å². The van der Waals surface area contributed by atoms with Crippen molar-refractivity contribution in [2.75, 3.05) is 0 Å². The first-order chi connectivity index (χ1) is 7.91. The zero-order valence-corrected chi connectivity index (χ0v) is 10.2. The van der Waals surface area contributed by atoms with E-state index in [1.807, 2.05) is 0 Å². The molecule has 0 aliphatic heterocycles. The number of rotatable bonds is 1. The Hall–Kier alpha value is -1.07. The van der Waals surface area contributed by atoms with Gasteiger partial charge in [-0.3, -0.25) is 0 Å². The zero-order chi connectivity index (χ0) is 12.6. The summed E-state index contributed by atoms with van der Waals surface area (Å²) in [6.45, 7) is 0. The van der Waals surface area contributed by atoms with E-state index in [0.29, 0.717) is 9.86 Å². The van der Waals surface area contributed by atoms with Crippen molar-refractivity contribution in [2.24, 2.45) is 5.73 Å². The number of benzene rings is 2. The van der Waals surface area contributed by atoms with Crippen molar-refractivity contribution < 1.29 is 13.2 Å². The second kappa shape index (κ2) is 4.31. The average Bonchev–Trinajstić information content (AvgIpc) is 2.26.